The fourth-order valence-electron chi connectivity index (χ4n) is 1.24. The number of carbonyl (C=O) groups excluding carboxylic acids is 2. The van der Waals surface area contributed by atoms with Crippen molar-refractivity contribution < 1.29 is 19.1 Å². The van der Waals surface area contributed by atoms with Crippen LogP contribution in [0.5, 0.6) is 0 Å². The molecule has 0 saturated carbocycles. The molecule has 0 atom stereocenters. The zero-order chi connectivity index (χ0) is 13.7. The largest absolute Gasteiger partial charge is 0.462 e. The van der Waals surface area contributed by atoms with Crippen LogP contribution in [-0.4, -0.2) is 31.4 Å². The van der Waals surface area contributed by atoms with E-state index in [1.54, 1.807) is 13.8 Å². The third kappa shape index (κ3) is 3.27. The first-order chi connectivity index (χ1) is 8.56. The Kier molecular flexibility index (Phi) is 6.17. The molecule has 0 saturated heterocycles. The van der Waals surface area contributed by atoms with Gasteiger partial charge in [-0.3, -0.25) is 0 Å². The highest BCUT2D eigenvalue weighted by atomic mass is 79.9. The Hall–Kier alpha value is -0.530. The molecule has 0 unspecified atom stereocenters. The van der Waals surface area contributed by atoms with Crippen LogP contribution in [0, 0.1) is 0 Å². The number of rotatable bonds is 5. The van der Waals surface area contributed by atoms with Crippen molar-refractivity contribution in [2.75, 3.05) is 19.5 Å². The van der Waals surface area contributed by atoms with Gasteiger partial charge in [0.05, 0.1) is 27.5 Å². The van der Waals surface area contributed by atoms with E-state index in [1.807, 2.05) is 6.26 Å². The molecule has 0 radical (unpaired) electrons. The van der Waals surface area contributed by atoms with Gasteiger partial charge in [-0.2, -0.15) is 0 Å². The topological polar surface area (TPSA) is 52.6 Å². The van der Waals surface area contributed by atoms with Gasteiger partial charge in [0.2, 0.25) is 0 Å². The van der Waals surface area contributed by atoms with E-state index in [1.165, 1.54) is 23.1 Å². The summed E-state index contributed by atoms with van der Waals surface area (Å²) < 4.78 is 11.1. The number of esters is 2. The smallest absolute Gasteiger partial charge is 0.349 e. The van der Waals surface area contributed by atoms with Crippen molar-refractivity contribution in [3.05, 3.63) is 14.9 Å². The van der Waals surface area contributed by atoms with Crippen molar-refractivity contribution >= 4 is 51.0 Å². The molecule has 1 aromatic heterocycles. The van der Waals surface area contributed by atoms with E-state index in [0.29, 0.717) is 28.1 Å². The first-order valence-electron chi connectivity index (χ1n) is 5.27. The number of carbonyl (C=O) groups is 2. The average Bonchev–Trinajstić information content (AvgIpc) is 2.67. The quantitative estimate of drug-likeness (QED) is 0.598. The zero-order valence-corrected chi connectivity index (χ0v) is 13.5. The molecular formula is C11H13BrO4S2. The van der Waals surface area contributed by atoms with Crippen molar-refractivity contribution in [1.29, 1.82) is 0 Å². The molecule has 0 amide bonds. The second-order valence-electron chi connectivity index (χ2n) is 3.05. The highest BCUT2D eigenvalue weighted by Gasteiger charge is 2.26. The summed E-state index contributed by atoms with van der Waals surface area (Å²) in [6.07, 6.45) is 1.84. The van der Waals surface area contributed by atoms with E-state index in [0.717, 1.165) is 4.21 Å². The van der Waals surface area contributed by atoms with Crippen LogP contribution in [0.25, 0.3) is 0 Å². The Bertz CT molecular complexity index is 456. The van der Waals surface area contributed by atoms with E-state index >= 15 is 0 Å². The third-order valence-corrected chi connectivity index (χ3v) is 5.29. The standard InChI is InChI=1S/C11H13BrO4S2/c1-4-15-9(13)6-7(12)8(10(14)16-5-2)18-11(6)17-3/h4-5H2,1-3H3. The molecule has 0 bridgehead atoms. The second-order valence-corrected chi connectivity index (χ2v) is 5.94. The van der Waals surface area contributed by atoms with Gasteiger partial charge in [0.1, 0.15) is 4.88 Å². The zero-order valence-electron chi connectivity index (χ0n) is 10.2. The first-order valence-corrected chi connectivity index (χ1v) is 8.10. The summed E-state index contributed by atoms with van der Waals surface area (Å²) in [5.74, 6) is -0.860. The molecule has 0 aliphatic carbocycles. The first kappa shape index (κ1) is 15.5. The Balaban J connectivity index is 3.18. The molecule has 1 heterocycles. The molecule has 0 spiro atoms. The van der Waals surface area contributed by atoms with Crippen LogP contribution in [0.4, 0.5) is 0 Å². The maximum atomic E-state index is 11.8. The molecule has 0 N–H and O–H groups in total. The van der Waals surface area contributed by atoms with Crippen LogP contribution in [0.3, 0.4) is 0 Å². The monoisotopic (exact) mass is 352 g/mol. The number of halogens is 1. The summed E-state index contributed by atoms with van der Waals surface area (Å²) >= 11 is 5.91. The van der Waals surface area contributed by atoms with Gasteiger partial charge in [-0.05, 0) is 36.0 Å². The molecule has 18 heavy (non-hydrogen) atoms. The summed E-state index contributed by atoms with van der Waals surface area (Å²) in [5.41, 5.74) is 0.400. The van der Waals surface area contributed by atoms with E-state index in [4.69, 9.17) is 9.47 Å². The number of ether oxygens (including phenoxy) is 2. The van der Waals surface area contributed by atoms with Gasteiger partial charge >= 0.3 is 11.9 Å². The van der Waals surface area contributed by atoms with E-state index in [9.17, 15) is 9.59 Å². The SMILES string of the molecule is CCOC(=O)c1sc(SC)c(C(=O)OCC)c1Br. The van der Waals surface area contributed by atoms with E-state index < -0.39 is 11.9 Å². The van der Waals surface area contributed by atoms with E-state index in [2.05, 4.69) is 15.9 Å². The van der Waals surface area contributed by atoms with Gasteiger partial charge in [0.25, 0.3) is 0 Å². The van der Waals surface area contributed by atoms with Crippen LogP contribution in [0.15, 0.2) is 8.68 Å². The Morgan fingerprint density at radius 3 is 2.28 bits per heavy atom. The van der Waals surface area contributed by atoms with Gasteiger partial charge in [-0.15, -0.1) is 23.1 Å². The van der Waals surface area contributed by atoms with Crippen molar-refractivity contribution in [3.8, 4) is 0 Å². The van der Waals surface area contributed by atoms with Gasteiger partial charge < -0.3 is 9.47 Å². The predicted molar refractivity (Wildman–Crippen MR) is 75.7 cm³/mol. The Morgan fingerprint density at radius 1 is 1.22 bits per heavy atom. The normalized spacial score (nSPS) is 10.2. The third-order valence-electron chi connectivity index (χ3n) is 1.94. The lowest BCUT2D eigenvalue weighted by Gasteiger charge is -2.02. The number of thioether (sulfide) groups is 1. The average molecular weight is 353 g/mol. The summed E-state index contributed by atoms with van der Waals surface area (Å²) in [7, 11) is 0. The summed E-state index contributed by atoms with van der Waals surface area (Å²) in [4.78, 5) is 23.9. The summed E-state index contributed by atoms with van der Waals surface area (Å²) in [6, 6.07) is 0. The second kappa shape index (κ2) is 7.16. The van der Waals surface area contributed by atoms with Crippen LogP contribution >= 0.6 is 39.0 Å². The summed E-state index contributed by atoms with van der Waals surface area (Å²) in [6.45, 7) is 4.07. The minimum atomic E-state index is -0.430. The van der Waals surface area contributed by atoms with Gasteiger partial charge in [0, 0.05) is 0 Å². The molecule has 1 aromatic rings. The molecule has 4 nitrogen and oxygen atoms in total. The van der Waals surface area contributed by atoms with Crippen molar-refractivity contribution in [2.45, 2.75) is 18.1 Å². The Labute approximate surface area is 122 Å². The number of thiophene rings is 1. The van der Waals surface area contributed by atoms with Crippen molar-refractivity contribution in [3.63, 3.8) is 0 Å². The molecule has 0 aliphatic rings. The lowest BCUT2D eigenvalue weighted by atomic mass is 10.3. The molecule has 0 aromatic carbocycles. The highest BCUT2D eigenvalue weighted by molar-refractivity contribution is 9.10. The van der Waals surface area contributed by atoms with Crippen LogP contribution in [0.2, 0.25) is 0 Å². The molecule has 0 fully saturated rings. The van der Waals surface area contributed by atoms with Gasteiger partial charge in [-0.25, -0.2) is 9.59 Å². The molecule has 100 valence electrons. The fraction of sp³-hybridized carbons (Fsp3) is 0.455. The molecular weight excluding hydrogens is 340 g/mol. The maximum Gasteiger partial charge on any atom is 0.349 e. The molecule has 7 heteroatoms. The molecule has 1 rings (SSSR count). The minimum Gasteiger partial charge on any atom is -0.462 e. The minimum absolute atomic E-state index is 0.295. The summed E-state index contributed by atoms with van der Waals surface area (Å²) in [5, 5.41) is 0. The van der Waals surface area contributed by atoms with Crippen LogP contribution in [0.1, 0.15) is 33.9 Å². The van der Waals surface area contributed by atoms with Crippen LogP contribution in [-0.2, 0) is 9.47 Å². The maximum absolute atomic E-state index is 11.8. The van der Waals surface area contributed by atoms with Gasteiger partial charge in [0.15, 0.2) is 0 Å². The number of hydrogen-bond donors (Lipinski definition) is 0. The lowest BCUT2D eigenvalue weighted by molar-refractivity contribution is 0.0522. The molecule has 0 aliphatic heterocycles. The lowest BCUT2D eigenvalue weighted by Crippen LogP contribution is -2.07. The highest BCUT2D eigenvalue weighted by Crippen LogP contribution is 2.39. The van der Waals surface area contributed by atoms with E-state index in [-0.39, 0.29) is 0 Å². The number of hydrogen-bond acceptors (Lipinski definition) is 6. The fourth-order valence-corrected chi connectivity index (χ4v) is 4.05. The van der Waals surface area contributed by atoms with Gasteiger partial charge in [-0.1, -0.05) is 0 Å². The van der Waals surface area contributed by atoms with Crippen LogP contribution < -0.4 is 0 Å². The van der Waals surface area contributed by atoms with Crippen molar-refractivity contribution in [2.24, 2.45) is 0 Å². The predicted octanol–water partition coefficient (Wildman–Crippen LogP) is 3.59. The Morgan fingerprint density at radius 2 is 1.78 bits per heavy atom. The van der Waals surface area contributed by atoms with Crippen molar-refractivity contribution in [1.82, 2.24) is 0 Å².